The SMILES string of the molecule is CCN(CC(=O)Nc1ccccc1C(F)(F)F)C(=O)c1cc(F)c(Cl)cc1Cl. The first-order valence-electron chi connectivity index (χ1n) is 7.94. The van der Waals surface area contributed by atoms with E-state index >= 15 is 0 Å². The molecular formula is C18H14Cl2F4N2O2. The van der Waals surface area contributed by atoms with E-state index in [1.54, 1.807) is 6.92 Å². The number of para-hydroxylation sites is 1. The average Bonchev–Trinajstić information content (AvgIpc) is 2.61. The molecule has 2 aromatic rings. The Labute approximate surface area is 168 Å². The summed E-state index contributed by atoms with van der Waals surface area (Å²) < 4.78 is 52.7. The molecule has 28 heavy (non-hydrogen) atoms. The second-order valence-electron chi connectivity index (χ2n) is 5.66. The highest BCUT2D eigenvalue weighted by Gasteiger charge is 2.33. The fourth-order valence-corrected chi connectivity index (χ4v) is 2.85. The second kappa shape index (κ2) is 8.79. The van der Waals surface area contributed by atoms with Crippen LogP contribution in [0.2, 0.25) is 10.0 Å². The van der Waals surface area contributed by atoms with Crippen molar-refractivity contribution in [1.82, 2.24) is 4.90 Å². The highest BCUT2D eigenvalue weighted by molar-refractivity contribution is 6.36. The second-order valence-corrected chi connectivity index (χ2v) is 6.47. The molecule has 2 amide bonds. The maximum Gasteiger partial charge on any atom is 0.418 e. The van der Waals surface area contributed by atoms with Crippen LogP contribution in [0.15, 0.2) is 36.4 Å². The van der Waals surface area contributed by atoms with Crippen molar-refractivity contribution in [2.45, 2.75) is 13.1 Å². The van der Waals surface area contributed by atoms with Gasteiger partial charge in [0.15, 0.2) is 0 Å². The van der Waals surface area contributed by atoms with Crippen LogP contribution in [0.3, 0.4) is 0 Å². The zero-order valence-electron chi connectivity index (χ0n) is 14.4. The first-order valence-corrected chi connectivity index (χ1v) is 8.70. The number of hydrogen-bond acceptors (Lipinski definition) is 2. The van der Waals surface area contributed by atoms with E-state index in [0.717, 1.165) is 29.2 Å². The van der Waals surface area contributed by atoms with E-state index in [0.29, 0.717) is 0 Å². The lowest BCUT2D eigenvalue weighted by atomic mass is 10.1. The predicted octanol–water partition coefficient (Wildman–Crippen LogP) is 5.25. The topological polar surface area (TPSA) is 49.4 Å². The van der Waals surface area contributed by atoms with Crippen LogP contribution in [-0.2, 0) is 11.0 Å². The van der Waals surface area contributed by atoms with Gasteiger partial charge in [0.05, 0.1) is 26.9 Å². The normalized spacial score (nSPS) is 11.2. The summed E-state index contributed by atoms with van der Waals surface area (Å²) >= 11 is 11.5. The number of anilines is 1. The van der Waals surface area contributed by atoms with Crippen LogP contribution in [-0.4, -0.2) is 29.8 Å². The molecule has 1 N–H and O–H groups in total. The summed E-state index contributed by atoms with van der Waals surface area (Å²) in [6.07, 6.45) is -4.65. The van der Waals surface area contributed by atoms with Crippen LogP contribution >= 0.6 is 23.2 Å². The Morgan fingerprint density at radius 3 is 2.36 bits per heavy atom. The van der Waals surface area contributed by atoms with Gasteiger partial charge in [0.2, 0.25) is 5.91 Å². The summed E-state index contributed by atoms with van der Waals surface area (Å²) in [7, 11) is 0. The monoisotopic (exact) mass is 436 g/mol. The number of alkyl halides is 3. The van der Waals surface area contributed by atoms with E-state index in [1.807, 2.05) is 0 Å². The minimum absolute atomic E-state index is 0.0355. The number of likely N-dealkylation sites (N-methyl/N-ethyl adjacent to an activating group) is 1. The average molecular weight is 437 g/mol. The van der Waals surface area contributed by atoms with E-state index in [1.165, 1.54) is 12.1 Å². The van der Waals surface area contributed by atoms with Gasteiger partial charge in [0.25, 0.3) is 5.91 Å². The Bertz CT molecular complexity index is 904. The largest absolute Gasteiger partial charge is 0.418 e. The molecule has 0 aromatic heterocycles. The maximum absolute atomic E-state index is 13.6. The van der Waals surface area contributed by atoms with Crippen molar-refractivity contribution < 1.29 is 27.2 Å². The van der Waals surface area contributed by atoms with Gasteiger partial charge >= 0.3 is 6.18 Å². The van der Waals surface area contributed by atoms with Gasteiger partial charge in [-0.3, -0.25) is 9.59 Å². The zero-order chi connectivity index (χ0) is 21.1. The van der Waals surface area contributed by atoms with Gasteiger partial charge in [-0.1, -0.05) is 35.3 Å². The number of halogens is 6. The summed E-state index contributed by atoms with van der Waals surface area (Å²) in [6.45, 7) is 1.03. The van der Waals surface area contributed by atoms with Gasteiger partial charge in [0.1, 0.15) is 12.4 Å². The number of amides is 2. The molecule has 0 bridgehead atoms. The number of carbonyl (C=O) groups excluding carboxylic acids is 2. The molecule has 0 radical (unpaired) electrons. The summed E-state index contributed by atoms with van der Waals surface area (Å²) in [5.41, 5.74) is -1.66. The maximum atomic E-state index is 13.6. The van der Waals surface area contributed by atoms with Crippen molar-refractivity contribution in [3.8, 4) is 0 Å². The van der Waals surface area contributed by atoms with Crippen molar-refractivity contribution in [3.63, 3.8) is 0 Å². The lowest BCUT2D eigenvalue weighted by Crippen LogP contribution is -2.38. The minimum Gasteiger partial charge on any atom is -0.330 e. The van der Waals surface area contributed by atoms with Crippen LogP contribution in [0.25, 0.3) is 0 Å². The molecule has 0 heterocycles. The number of benzene rings is 2. The van der Waals surface area contributed by atoms with Gasteiger partial charge in [-0.2, -0.15) is 13.2 Å². The highest BCUT2D eigenvalue weighted by atomic mass is 35.5. The third-order valence-corrected chi connectivity index (χ3v) is 4.35. The number of hydrogen-bond donors (Lipinski definition) is 1. The molecule has 10 heteroatoms. The van der Waals surface area contributed by atoms with Gasteiger partial charge in [0, 0.05) is 6.54 Å². The first-order chi connectivity index (χ1) is 13.0. The Balaban J connectivity index is 2.19. The molecular weight excluding hydrogens is 423 g/mol. The van der Waals surface area contributed by atoms with Crippen molar-refractivity contribution >= 4 is 40.7 Å². The molecule has 0 atom stereocenters. The fourth-order valence-electron chi connectivity index (χ4n) is 2.39. The predicted molar refractivity (Wildman–Crippen MR) is 98.1 cm³/mol. The quantitative estimate of drug-likeness (QED) is 0.513. The third kappa shape index (κ3) is 5.14. The smallest absolute Gasteiger partial charge is 0.330 e. The molecule has 0 spiro atoms. The number of nitrogens with zero attached hydrogens (tertiary/aromatic N) is 1. The van der Waals surface area contributed by atoms with Crippen LogP contribution in [0.4, 0.5) is 23.2 Å². The van der Waals surface area contributed by atoms with Crippen molar-refractivity contribution in [2.24, 2.45) is 0 Å². The Morgan fingerprint density at radius 2 is 1.75 bits per heavy atom. The Kier molecular flexibility index (Phi) is 6.90. The summed E-state index contributed by atoms with van der Waals surface area (Å²) in [6, 6.07) is 6.35. The molecule has 0 unspecified atom stereocenters. The van der Waals surface area contributed by atoms with Gasteiger partial charge < -0.3 is 10.2 Å². The molecule has 0 aliphatic rings. The molecule has 0 aliphatic heterocycles. The molecule has 0 fully saturated rings. The van der Waals surface area contributed by atoms with Crippen LogP contribution in [0.5, 0.6) is 0 Å². The zero-order valence-corrected chi connectivity index (χ0v) is 15.9. The van der Waals surface area contributed by atoms with Crippen LogP contribution in [0.1, 0.15) is 22.8 Å². The number of rotatable bonds is 5. The molecule has 2 rings (SSSR count). The third-order valence-electron chi connectivity index (χ3n) is 3.75. The van der Waals surface area contributed by atoms with E-state index in [-0.39, 0.29) is 22.2 Å². The van der Waals surface area contributed by atoms with Crippen molar-refractivity contribution in [2.75, 3.05) is 18.4 Å². The van der Waals surface area contributed by atoms with Crippen molar-refractivity contribution in [3.05, 3.63) is 63.4 Å². The minimum atomic E-state index is -4.65. The first kappa shape index (κ1) is 22.0. The van der Waals surface area contributed by atoms with E-state index in [9.17, 15) is 27.2 Å². The lowest BCUT2D eigenvalue weighted by Gasteiger charge is -2.22. The molecule has 0 saturated heterocycles. The van der Waals surface area contributed by atoms with Gasteiger partial charge in [-0.25, -0.2) is 4.39 Å². The number of carbonyl (C=O) groups is 2. The Hall–Kier alpha value is -2.32. The van der Waals surface area contributed by atoms with Gasteiger partial charge in [-0.15, -0.1) is 0 Å². The molecule has 150 valence electrons. The van der Waals surface area contributed by atoms with E-state index in [4.69, 9.17) is 23.2 Å². The fraction of sp³-hybridized carbons (Fsp3) is 0.222. The van der Waals surface area contributed by atoms with E-state index in [2.05, 4.69) is 5.32 Å². The highest BCUT2D eigenvalue weighted by Crippen LogP contribution is 2.34. The lowest BCUT2D eigenvalue weighted by molar-refractivity contribution is -0.137. The number of nitrogens with one attached hydrogen (secondary N) is 1. The molecule has 0 saturated carbocycles. The van der Waals surface area contributed by atoms with E-state index < -0.39 is 41.6 Å². The molecule has 2 aromatic carbocycles. The molecule has 4 nitrogen and oxygen atoms in total. The Morgan fingerprint density at radius 1 is 1.11 bits per heavy atom. The van der Waals surface area contributed by atoms with Crippen LogP contribution in [0, 0.1) is 5.82 Å². The standard InChI is InChI=1S/C18H14Cl2F4N2O2/c1-2-26(17(28)10-7-14(21)13(20)8-12(10)19)9-16(27)25-15-6-4-3-5-11(15)18(22,23)24/h3-8H,2,9H2,1H3,(H,25,27). The molecule has 0 aliphatic carbocycles. The summed E-state index contributed by atoms with van der Waals surface area (Å²) in [5, 5.41) is 1.76. The van der Waals surface area contributed by atoms with Gasteiger partial charge in [-0.05, 0) is 31.2 Å². The van der Waals surface area contributed by atoms with Crippen molar-refractivity contribution in [1.29, 1.82) is 0 Å². The van der Waals surface area contributed by atoms with Crippen LogP contribution < -0.4 is 5.32 Å². The summed E-state index contributed by atoms with van der Waals surface area (Å²) in [5.74, 6) is -2.48. The summed E-state index contributed by atoms with van der Waals surface area (Å²) in [4.78, 5) is 25.8.